The number of hydrogen-bond donors (Lipinski definition) is 1. The number of nitrogens with one attached hydrogen (secondary N) is 1. The van der Waals surface area contributed by atoms with Crippen molar-refractivity contribution in [1.29, 1.82) is 0 Å². The molecule has 1 amide bonds. The van der Waals surface area contributed by atoms with Gasteiger partial charge in [0.2, 0.25) is 5.91 Å². The van der Waals surface area contributed by atoms with Gasteiger partial charge in [-0.15, -0.1) is 0 Å². The van der Waals surface area contributed by atoms with Crippen molar-refractivity contribution >= 4 is 34.9 Å². The van der Waals surface area contributed by atoms with E-state index >= 15 is 0 Å². The molecule has 0 radical (unpaired) electrons. The fraction of sp³-hybridized carbons (Fsp3) is 0.304. The molecular formula is C23H25Cl2N3O. The zero-order valence-corrected chi connectivity index (χ0v) is 18.2. The van der Waals surface area contributed by atoms with Crippen molar-refractivity contribution in [3.63, 3.8) is 0 Å². The Morgan fingerprint density at radius 1 is 1.10 bits per heavy atom. The largest absolute Gasteiger partial charge is 0.310 e. The maximum absolute atomic E-state index is 12.9. The maximum Gasteiger partial charge on any atom is 0.228 e. The van der Waals surface area contributed by atoms with Gasteiger partial charge in [-0.2, -0.15) is 5.10 Å². The zero-order chi connectivity index (χ0) is 20.8. The second-order valence-corrected chi connectivity index (χ2v) is 7.87. The SMILES string of the molecule is CCCC[C@H](CC)C(=O)Nc1cc(-c2ccccc2)nn1-c1cc(Cl)ccc1Cl. The summed E-state index contributed by atoms with van der Waals surface area (Å²) in [6.07, 6.45) is 3.76. The summed E-state index contributed by atoms with van der Waals surface area (Å²) < 4.78 is 1.65. The molecule has 0 aliphatic heterocycles. The van der Waals surface area contributed by atoms with E-state index in [0.29, 0.717) is 21.6 Å². The van der Waals surface area contributed by atoms with Crippen LogP contribution >= 0.6 is 23.2 Å². The Labute approximate surface area is 181 Å². The molecule has 0 fully saturated rings. The first-order valence-electron chi connectivity index (χ1n) is 9.95. The van der Waals surface area contributed by atoms with Crippen LogP contribution in [0.4, 0.5) is 5.82 Å². The third-order valence-corrected chi connectivity index (χ3v) is 5.49. The lowest BCUT2D eigenvalue weighted by atomic mass is 9.98. The van der Waals surface area contributed by atoms with Crippen molar-refractivity contribution in [3.05, 3.63) is 64.6 Å². The fourth-order valence-electron chi connectivity index (χ4n) is 3.25. The van der Waals surface area contributed by atoms with Gasteiger partial charge in [0.15, 0.2) is 0 Å². The van der Waals surface area contributed by atoms with Gasteiger partial charge >= 0.3 is 0 Å². The van der Waals surface area contributed by atoms with Crippen molar-refractivity contribution in [2.45, 2.75) is 39.5 Å². The number of rotatable bonds is 8. The second-order valence-electron chi connectivity index (χ2n) is 7.03. The standard InChI is InChI=1S/C23H25Cl2N3O/c1-3-5-9-16(4-2)23(29)26-22-15-20(17-10-7-6-8-11-17)27-28(22)21-14-18(24)12-13-19(21)25/h6-8,10-16H,3-5,9H2,1-2H3,(H,26,29)/t16-/m0/s1. The van der Waals surface area contributed by atoms with E-state index in [4.69, 9.17) is 28.3 Å². The third kappa shape index (κ3) is 5.20. The van der Waals surface area contributed by atoms with Crippen LogP contribution in [0.15, 0.2) is 54.6 Å². The molecule has 0 saturated heterocycles. The number of benzene rings is 2. The molecule has 6 heteroatoms. The minimum atomic E-state index is -0.0340. The van der Waals surface area contributed by atoms with E-state index in [0.717, 1.165) is 36.9 Å². The molecule has 3 aromatic rings. The Morgan fingerprint density at radius 3 is 2.55 bits per heavy atom. The summed E-state index contributed by atoms with van der Waals surface area (Å²) in [6.45, 7) is 4.17. The normalized spacial score (nSPS) is 12.0. The van der Waals surface area contributed by atoms with Gasteiger partial charge in [-0.25, -0.2) is 4.68 Å². The lowest BCUT2D eigenvalue weighted by Crippen LogP contribution is -2.23. The summed E-state index contributed by atoms with van der Waals surface area (Å²) in [5.74, 6) is 0.543. The monoisotopic (exact) mass is 429 g/mol. The van der Waals surface area contributed by atoms with Crippen molar-refractivity contribution in [3.8, 4) is 16.9 Å². The quantitative estimate of drug-likeness (QED) is 0.418. The number of carbonyl (C=O) groups excluding carboxylic acids is 1. The van der Waals surface area contributed by atoms with Gasteiger partial charge in [-0.05, 0) is 31.0 Å². The van der Waals surface area contributed by atoms with Gasteiger partial charge < -0.3 is 5.32 Å². The molecule has 0 bridgehead atoms. The van der Waals surface area contributed by atoms with E-state index < -0.39 is 0 Å². The molecule has 1 heterocycles. The molecule has 0 aliphatic rings. The molecule has 0 saturated carbocycles. The fourth-order valence-corrected chi connectivity index (χ4v) is 3.62. The number of halogens is 2. The average molecular weight is 430 g/mol. The number of amides is 1. The second kappa shape index (κ2) is 9.95. The molecule has 0 aliphatic carbocycles. The summed E-state index contributed by atoms with van der Waals surface area (Å²) >= 11 is 12.6. The first kappa shape index (κ1) is 21.4. The number of anilines is 1. The summed E-state index contributed by atoms with van der Waals surface area (Å²) in [7, 11) is 0. The molecule has 0 unspecified atom stereocenters. The van der Waals surface area contributed by atoms with Crippen molar-refractivity contribution in [2.24, 2.45) is 5.92 Å². The Morgan fingerprint density at radius 2 is 1.86 bits per heavy atom. The number of aromatic nitrogens is 2. The molecule has 0 spiro atoms. The summed E-state index contributed by atoms with van der Waals surface area (Å²) in [5.41, 5.74) is 2.33. The Hall–Kier alpha value is -2.30. The van der Waals surface area contributed by atoms with Gasteiger partial charge in [-0.1, -0.05) is 80.2 Å². The predicted molar refractivity (Wildman–Crippen MR) is 121 cm³/mol. The highest BCUT2D eigenvalue weighted by Gasteiger charge is 2.20. The van der Waals surface area contributed by atoms with Crippen LogP contribution in [0.3, 0.4) is 0 Å². The number of unbranched alkanes of at least 4 members (excludes halogenated alkanes) is 1. The van der Waals surface area contributed by atoms with E-state index in [2.05, 4.69) is 12.2 Å². The number of carbonyl (C=O) groups is 1. The highest BCUT2D eigenvalue weighted by Crippen LogP contribution is 2.30. The van der Waals surface area contributed by atoms with Crippen LogP contribution in [0.1, 0.15) is 39.5 Å². The number of hydrogen-bond acceptors (Lipinski definition) is 2. The minimum Gasteiger partial charge on any atom is -0.310 e. The topological polar surface area (TPSA) is 46.9 Å². The summed E-state index contributed by atoms with van der Waals surface area (Å²) in [5, 5.41) is 8.83. The van der Waals surface area contributed by atoms with E-state index in [1.54, 1.807) is 22.9 Å². The predicted octanol–water partition coefficient (Wildman–Crippen LogP) is 7.00. The molecule has 1 atom stereocenters. The van der Waals surface area contributed by atoms with Gasteiger partial charge in [-0.3, -0.25) is 4.79 Å². The molecule has 1 N–H and O–H groups in total. The van der Waals surface area contributed by atoms with Gasteiger partial charge in [0.1, 0.15) is 5.82 Å². The minimum absolute atomic E-state index is 0.000128. The molecule has 3 rings (SSSR count). The molecule has 29 heavy (non-hydrogen) atoms. The van der Waals surface area contributed by atoms with Crippen LogP contribution in [0.25, 0.3) is 16.9 Å². The summed E-state index contributed by atoms with van der Waals surface area (Å²) in [6, 6.07) is 16.9. The van der Waals surface area contributed by atoms with Crippen LogP contribution in [0, 0.1) is 5.92 Å². The van der Waals surface area contributed by atoms with Gasteiger partial charge in [0.25, 0.3) is 0 Å². The Balaban J connectivity index is 2.01. The lowest BCUT2D eigenvalue weighted by molar-refractivity contribution is -0.120. The zero-order valence-electron chi connectivity index (χ0n) is 16.7. The van der Waals surface area contributed by atoms with Crippen LogP contribution in [0.5, 0.6) is 0 Å². The maximum atomic E-state index is 12.9. The average Bonchev–Trinajstić information content (AvgIpc) is 3.14. The molecule has 2 aromatic carbocycles. The molecule has 152 valence electrons. The van der Waals surface area contributed by atoms with Crippen LogP contribution in [0.2, 0.25) is 10.0 Å². The van der Waals surface area contributed by atoms with Crippen molar-refractivity contribution in [2.75, 3.05) is 5.32 Å². The van der Waals surface area contributed by atoms with Gasteiger partial charge in [0.05, 0.1) is 16.4 Å². The van der Waals surface area contributed by atoms with E-state index in [1.165, 1.54) is 0 Å². The van der Waals surface area contributed by atoms with Crippen molar-refractivity contribution in [1.82, 2.24) is 9.78 Å². The first-order valence-corrected chi connectivity index (χ1v) is 10.7. The van der Waals surface area contributed by atoms with Crippen molar-refractivity contribution < 1.29 is 4.79 Å². The lowest BCUT2D eigenvalue weighted by Gasteiger charge is -2.16. The Kier molecular flexibility index (Phi) is 7.34. The van der Waals surface area contributed by atoms with Gasteiger partial charge in [0, 0.05) is 22.6 Å². The molecular weight excluding hydrogens is 405 g/mol. The molecule has 4 nitrogen and oxygen atoms in total. The van der Waals surface area contributed by atoms with Crippen LogP contribution in [-0.4, -0.2) is 15.7 Å². The highest BCUT2D eigenvalue weighted by molar-refractivity contribution is 6.34. The first-order chi connectivity index (χ1) is 14.0. The highest BCUT2D eigenvalue weighted by atomic mass is 35.5. The smallest absolute Gasteiger partial charge is 0.228 e. The van der Waals surface area contributed by atoms with E-state index in [1.807, 2.05) is 43.3 Å². The number of nitrogens with zero attached hydrogens (tertiary/aromatic N) is 2. The van der Waals surface area contributed by atoms with E-state index in [-0.39, 0.29) is 11.8 Å². The van der Waals surface area contributed by atoms with Crippen LogP contribution < -0.4 is 5.32 Å². The van der Waals surface area contributed by atoms with E-state index in [9.17, 15) is 4.79 Å². The summed E-state index contributed by atoms with van der Waals surface area (Å²) in [4.78, 5) is 12.9. The third-order valence-electron chi connectivity index (χ3n) is 4.94. The Bertz CT molecular complexity index is 970. The van der Waals surface area contributed by atoms with Crippen LogP contribution in [-0.2, 0) is 4.79 Å². The molecule has 1 aromatic heterocycles.